The van der Waals surface area contributed by atoms with Gasteiger partial charge in [-0.05, 0) is 35.9 Å². The van der Waals surface area contributed by atoms with Gasteiger partial charge in [0.2, 0.25) is 0 Å². The number of ether oxygens (including phenoxy) is 1. The first-order valence-electron chi connectivity index (χ1n) is 10.3. The summed E-state index contributed by atoms with van der Waals surface area (Å²) in [6.45, 7) is 0. The van der Waals surface area contributed by atoms with E-state index in [1.807, 2.05) is 30.3 Å². The van der Waals surface area contributed by atoms with Crippen LogP contribution in [0.5, 0.6) is 5.75 Å². The largest absolute Gasteiger partial charge is 0.495 e. The molecule has 2 N–H and O–H groups in total. The van der Waals surface area contributed by atoms with E-state index in [1.165, 1.54) is 6.07 Å². The minimum Gasteiger partial charge on any atom is -0.495 e. The van der Waals surface area contributed by atoms with Crippen LogP contribution in [0.1, 0.15) is 0 Å². The van der Waals surface area contributed by atoms with E-state index in [-0.39, 0.29) is 5.82 Å². The molecule has 0 fully saturated rings. The second-order valence-electron chi connectivity index (χ2n) is 7.58. The van der Waals surface area contributed by atoms with Crippen molar-refractivity contribution in [1.82, 2.24) is 30.1 Å². The van der Waals surface area contributed by atoms with Gasteiger partial charge in [-0.2, -0.15) is 5.10 Å². The van der Waals surface area contributed by atoms with Gasteiger partial charge in [0, 0.05) is 34.3 Å². The lowest BCUT2D eigenvalue weighted by Gasteiger charge is -2.04. The monoisotopic (exact) mass is 436 g/mol. The summed E-state index contributed by atoms with van der Waals surface area (Å²) in [5.74, 6) is 0.379. The molecule has 0 bridgehead atoms. The Morgan fingerprint density at radius 1 is 0.909 bits per heavy atom. The number of benzene rings is 1. The third-order valence-corrected chi connectivity index (χ3v) is 5.64. The van der Waals surface area contributed by atoms with Crippen LogP contribution in [0.3, 0.4) is 0 Å². The minimum atomic E-state index is -0.277. The summed E-state index contributed by atoms with van der Waals surface area (Å²) in [4.78, 5) is 16.5. The Hall–Kier alpha value is -4.59. The SMILES string of the molecule is COc1cncc(-c2cc3c(-c4cc5c(-c6ccccc6F)ccnc5[nH]4)n[nH]c3cn2)c1. The van der Waals surface area contributed by atoms with Crippen LogP contribution in [0.2, 0.25) is 0 Å². The highest BCUT2D eigenvalue weighted by Gasteiger charge is 2.16. The van der Waals surface area contributed by atoms with E-state index in [9.17, 15) is 4.39 Å². The molecule has 7 nitrogen and oxygen atoms in total. The van der Waals surface area contributed by atoms with E-state index < -0.39 is 0 Å². The maximum Gasteiger partial charge on any atom is 0.138 e. The van der Waals surface area contributed by atoms with E-state index in [0.29, 0.717) is 17.0 Å². The summed E-state index contributed by atoms with van der Waals surface area (Å²) in [5.41, 5.74) is 5.83. The standard InChI is InChI=1S/C25H17FN6O/c1-33-15-8-14(11-27-12-15)21-10-19-23(13-29-21)31-32-24(19)22-9-18-16(6-7-28-25(18)30-22)17-4-2-3-5-20(17)26/h2-13H,1H3,(H,28,30)(H,31,32). The van der Waals surface area contributed by atoms with Gasteiger partial charge in [-0.15, -0.1) is 0 Å². The molecule has 0 saturated carbocycles. The molecule has 8 heteroatoms. The quantitative estimate of drug-likeness (QED) is 0.387. The van der Waals surface area contributed by atoms with Crippen molar-refractivity contribution in [3.8, 4) is 39.5 Å². The summed E-state index contributed by atoms with van der Waals surface area (Å²) in [6.07, 6.45) is 6.80. The molecular formula is C25H17FN6O. The highest BCUT2D eigenvalue weighted by molar-refractivity contribution is 6.00. The Kier molecular flexibility index (Phi) is 4.36. The van der Waals surface area contributed by atoms with Crippen molar-refractivity contribution in [2.45, 2.75) is 0 Å². The Morgan fingerprint density at radius 2 is 1.82 bits per heavy atom. The average Bonchev–Trinajstić information content (AvgIpc) is 3.48. The molecule has 0 aliphatic carbocycles. The second-order valence-corrected chi connectivity index (χ2v) is 7.58. The van der Waals surface area contributed by atoms with Gasteiger partial charge in [0.1, 0.15) is 22.9 Å². The molecule has 0 aliphatic rings. The van der Waals surface area contributed by atoms with E-state index >= 15 is 0 Å². The van der Waals surface area contributed by atoms with Gasteiger partial charge in [-0.1, -0.05) is 18.2 Å². The van der Waals surface area contributed by atoms with E-state index in [1.54, 1.807) is 44.0 Å². The first kappa shape index (κ1) is 19.1. The number of aromatic nitrogens is 6. The van der Waals surface area contributed by atoms with Crippen LogP contribution in [0.15, 0.2) is 73.3 Å². The topological polar surface area (TPSA) is 92.4 Å². The van der Waals surface area contributed by atoms with Gasteiger partial charge in [0.25, 0.3) is 0 Å². The van der Waals surface area contributed by atoms with Crippen molar-refractivity contribution < 1.29 is 9.13 Å². The van der Waals surface area contributed by atoms with E-state index in [4.69, 9.17) is 4.74 Å². The van der Waals surface area contributed by atoms with E-state index in [0.717, 1.165) is 44.5 Å². The summed E-state index contributed by atoms with van der Waals surface area (Å²) in [5, 5.41) is 9.26. The third kappa shape index (κ3) is 3.20. The fourth-order valence-corrected chi connectivity index (χ4v) is 4.02. The molecule has 0 radical (unpaired) electrons. The number of halogens is 1. The zero-order valence-electron chi connectivity index (χ0n) is 17.5. The predicted octanol–water partition coefficient (Wildman–Crippen LogP) is 5.38. The number of nitrogens with zero attached hydrogens (tertiary/aromatic N) is 4. The fraction of sp³-hybridized carbons (Fsp3) is 0.0400. The third-order valence-electron chi connectivity index (χ3n) is 5.64. The van der Waals surface area contributed by atoms with E-state index in [2.05, 4.69) is 30.1 Å². The number of nitrogens with one attached hydrogen (secondary N) is 2. The van der Waals surface area contributed by atoms with Crippen molar-refractivity contribution in [3.05, 3.63) is 79.1 Å². The van der Waals surface area contributed by atoms with Crippen molar-refractivity contribution in [3.63, 3.8) is 0 Å². The molecule has 0 unspecified atom stereocenters. The van der Waals surface area contributed by atoms with Gasteiger partial charge < -0.3 is 9.72 Å². The first-order valence-corrected chi connectivity index (χ1v) is 10.3. The van der Waals surface area contributed by atoms with Crippen molar-refractivity contribution >= 4 is 21.9 Å². The van der Waals surface area contributed by atoms with Crippen LogP contribution in [0.25, 0.3) is 55.7 Å². The maximum atomic E-state index is 14.5. The second kappa shape index (κ2) is 7.52. The number of pyridine rings is 3. The summed E-state index contributed by atoms with van der Waals surface area (Å²) >= 11 is 0. The van der Waals surface area contributed by atoms with Gasteiger partial charge in [-0.3, -0.25) is 15.1 Å². The van der Waals surface area contributed by atoms with Crippen LogP contribution < -0.4 is 4.74 Å². The number of hydrogen-bond acceptors (Lipinski definition) is 5. The van der Waals surface area contributed by atoms with Crippen LogP contribution in [0.4, 0.5) is 4.39 Å². The number of fused-ring (bicyclic) bond motifs is 2. The summed E-state index contributed by atoms with van der Waals surface area (Å²) < 4.78 is 19.8. The molecule has 0 saturated heterocycles. The zero-order chi connectivity index (χ0) is 22.4. The molecule has 160 valence electrons. The van der Waals surface area contributed by atoms with Gasteiger partial charge >= 0.3 is 0 Å². The Balaban J connectivity index is 1.50. The Bertz CT molecular complexity index is 1640. The first-order chi connectivity index (χ1) is 16.2. The highest BCUT2D eigenvalue weighted by atomic mass is 19.1. The van der Waals surface area contributed by atoms with Gasteiger partial charge in [0.15, 0.2) is 0 Å². The summed E-state index contributed by atoms with van der Waals surface area (Å²) in [7, 11) is 1.60. The van der Waals surface area contributed by atoms with Crippen LogP contribution in [-0.4, -0.2) is 37.2 Å². The summed E-state index contributed by atoms with van der Waals surface area (Å²) in [6, 6.07) is 14.3. The Morgan fingerprint density at radius 3 is 2.70 bits per heavy atom. The molecule has 33 heavy (non-hydrogen) atoms. The molecule has 6 aromatic rings. The van der Waals surface area contributed by atoms with Crippen molar-refractivity contribution in [1.29, 1.82) is 0 Å². The number of methoxy groups -OCH3 is 1. The maximum absolute atomic E-state index is 14.5. The van der Waals surface area contributed by atoms with Crippen molar-refractivity contribution in [2.24, 2.45) is 0 Å². The molecule has 5 aromatic heterocycles. The van der Waals surface area contributed by atoms with Crippen LogP contribution >= 0.6 is 0 Å². The average molecular weight is 436 g/mol. The minimum absolute atomic E-state index is 0.277. The lowest BCUT2D eigenvalue weighted by atomic mass is 10.0. The van der Waals surface area contributed by atoms with Gasteiger partial charge in [-0.25, -0.2) is 9.37 Å². The molecule has 0 spiro atoms. The molecule has 6 rings (SSSR count). The van der Waals surface area contributed by atoms with Gasteiger partial charge in [0.05, 0.1) is 36.4 Å². The predicted molar refractivity (Wildman–Crippen MR) is 124 cm³/mol. The molecule has 0 amide bonds. The smallest absolute Gasteiger partial charge is 0.138 e. The van der Waals surface area contributed by atoms with Crippen LogP contribution in [-0.2, 0) is 0 Å². The number of H-pyrrole nitrogens is 2. The molecule has 5 heterocycles. The molecule has 0 atom stereocenters. The number of hydrogen-bond donors (Lipinski definition) is 2. The normalized spacial score (nSPS) is 11.3. The fourth-order valence-electron chi connectivity index (χ4n) is 4.02. The highest BCUT2D eigenvalue weighted by Crippen LogP contribution is 2.35. The molecular weight excluding hydrogens is 419 g/mol. The number of aromatic amines is 2. The van der Waals surface area contributed by atoms with Crippen LogP contribution in [0, 0.1) is 5.82 Å². The molecule has 0 aliphatic heterocycles. The lowest BCUT2D eigenvalue weighted by molar-refractivity contribution is 0.413. The zero-order valence-corrected chi connectivity index (χ0v) is 17.5. The lowest BCUT2D eigenvalue weighted by Crippen LogP contribution is -1.88. The molecule has 1 aromatic carbocycles. The Labute approximate surface area is 187 Å². The number of rotatable bonds is 4. The van der Waals surface area contributed by atoms with Crippen molar-refractivity contribution in [2.75, 3.05) is 7.11 Å².